The smallest absolute Gasteiger partial charge is 0.390 e. The molecule has 8 heteroatoms. The second-order valence-electron chi connectivity index (χ2n) is 5.43. The molecular weight excluding hydrogens is 259 g/mol. The zero-order valence-corrected chi connectivity index (χ0v) is 11.6. The highest BCUT2D eigenvalue weighted by Crippen LogP contribution is 2.32. The van der Waals surface area contributed by atoms with Crippen molar-refractivity contribution in [2.45, 2.75) is 44.0 Å². The molecule has 2 heterocycles. The number of hydrogen-bond acceptors (Lipinski definition) is 5. The number of rotatable bonds is 10. The Bertz CT molecular complexity index is 436. The van der Waals surface area contributed by atoms with Gasteiger partial charge >= 0.3 is 5.95 Å². The standard InChI is InChI=1S/C12H21BN4O3/c18-11(8-14-4-2-1-3-10-7-13-10)9-16-6-5-15-12(16)17(19)20/h5-6,10-11,13-14,18H,1-4,7-9H2. The summed E-state index contributed by atoms with van der Waals surface area (Å²) in [6.45, 7) is 1.51. The van der Waals surface area contributed by atoms with Gasteiger partial charge in [0.2, 0.25) is 0 Å². The Labute approximate surface area is 118 Å². The first kappa shape index (κ1) is 15.0. The second kappa shape index (κ2) is 7.40. The van der Waals surface area contributed by atoms with Crippen LogP contribution in [0, 0.1) is 10.1 Å². The van der Waals surface area contributed by atoms with Gasteiger partial charge in [0, 0.05) is 6.54 Å². The number of imidazole rings is 1. The van der Waals surface area contributed by atoms with E-state index in [4.69, 9.17) is 0 Å². The molecule has 1 saturated heterocycles. The van der Waals surface area contributed by atoms with Gasteiger partial charge in [0.25, 0.3) is 0 Å². The predicted octanol–water partition coefficient (Wildman–Crippen LogP) is 0.569. The minimum Gasteiger partial charge on any atom is -0.390 e. The molecule has 1 aromatic heterocycles. The van der Waals surface area contributed by atoms with Crippen LogP contribution in [0.15, 0.2) is 12.4 Å². The summed E-state index contributed by atoms with van der Waals surface area (Å²) < 4.78 is 1.36. The molecule has 0 saturated carbocycles. The number of unbranched alkanes of at least 4 members (excludes halogenated alkanes) is 1. The maximum Gasteiger partial charge on any atom is 0.434 e. The molecule has 2 atom stereocenters. The minimum atomic E-state index is -0.647. The van der Waals surface area contributed by atoms with Crippen LogP contribution in [0.2, 0.25) is 12.1 Å². The SMILES string of the molecule is O=[N+]([O-])c1nccn1CC(O)CNCCCCC1BC1. The summed E-state index contributed by atoms with van der Waals surface area (Å²) in [7, 11) is 1.40. The Morgan fingerprint density at radius 2 is 2.45 bits per heavy atom. The van der Waals surface area contributed by atoms with E-state index in [2.05, 4.69) is 10.3 Å². The lowest BCUT2D eigenvalue weighted by atomic mass is 9.98. The van der Waals surface area contributed by atoms with Gasteiger partial charge in [-0.3, -0.25) is 0 Å². The third kappa shape index (κ3) is 4.94. The van der Waals surface area contributed by atoms with Crippen LogP contribution in [-0.2, 0) is 6.54 Å². The number of hydrogen-bond donors (Lipinski definition) is 2. The van der Waals surface area contributed by atoms with E-state index in [1.807, 2.05) is 0 Å². The van der Waals surface area contributed by atoms with Gasteiger partial charge < -0.3 is 20.5 Å². The molecular formula is C12H21BN4O3. The first-order valence-corrected chi connectivity index (χ1v) is 7.21. The lowest BCUT2D eigenvalue weighted by Gasteiger charge is -2.11. The zero-order valence-electron chi connectivity index (χ0n) is 11.6. The molecule has 7 nitrogen and oxygen atoms in total. The fourth-order valence-corrected chi connectivity index (χ4v) is 2.27. The van der Waals surface area contributed by atoms with Gasteiger partial charge in [0.15, 0.2) is 0 Å². The number of nitrogens with zero attached hydrogens (tertiary/aromatic N) is 3. The zero-order chi connectivity index (χ0) is 14.4. The van der Waals surface area contributed by atoms with Crippen LogP contribution in [-0.4, -0.2) is 46.1 Å². The van der Waals surface area contributed by atoms with E-state index in [1.165, 1.54) is 43.4 Å². The van der Waals surface area contributed by atoms with Gasteiger partial charge in [-0.25, -0.2) is 4.57 Å². The summed E-state index contributed by atoms with van der Waals surface area (Å²) in [5.41, 5.74) is 0. The van der Waals surface area contributed by atoms with Crippen LogP contribution in [0.3, 0.4) is 0 Å². The van der Waals surface area contributed by atoms with E-state index in [-0.39, 0.29) is 12.5 Å². The van der Waals surface area contributed by atoms with Crippen molar-refractivity contribution in [3.8, 4) is 0 Å². The Morgan fingerprint density at radius 3 is 3.15 bits per heavy atom. The fourth-order valence-electron chi connectivity index (χ4n) is 2.27. The first-order chi connectivity index (χ1) is 9.66. The molecule has 1 aliphatic heterocycles. The van der Waals surface area contributed by atoms with E-state index in [0.29, 0.717) is 6.54 Å². The Balaban J connectivity index is 1.58. The van der Waals surface area contributed by atoms with E-state index in [1.54, 1.807) is 0 Å². The van der Waals surface area contributed by atoms with Crippen molar-refractivity contribution in [2.24, 2.45) is 0 Å². The van der Waals surface area contributed by atoms with Gasteiger partial charge in [-0.15, -0.1) is 0 Å². The Hall–Kier alpha value is -1.41. The van der Waals surface area contributed by atoms with Crippen LogP contribution in [0.25, 0.3) is 0 Å². The molecule has 20 heavy (non-hydrogen) atoms. The predicted molar refractivity (Wildman–Crippen MR) is 77.3 cm³/mol. The van der Waals surface area contributed by atoms with Crippen molar-refractivity contribution < 1.29 is 10.0 Å². The quantitative estimate of drug-likeness (QED) is 0.283. The lowest BCUT2D eigenvalue weighted by molar-refractivity contribution is -0.397. The summed E-state index contributed by atoms with van der Waals surface area (Å²) in [6, 6.07) is 0. The molecule has 0 radical (unpaired) electrons. The maximum absolute atomic E-state index is 10.7. The van der Waals surface area contributed by atoms with Crippen LogP contribution in [0.1, 0.15) is 19.3 Å². The number of aromatic nitrogens is 2. The normalized spacial score (nSPS) is 18.6. The van der Waals surface area contributed by atoms with Gasteiger partial charge in [-0.2, -0.15) is 0 Å². The van der Waals surface area contributed by atoms with Crippen molar-refractivity contribution in [1.29, 1.82) is 0 Å². The van der Waals surface area contributed by atoms with E-state index in [0.717, 1.165) is 18.8 Å². The largest absolute Gasteiger partial charge is 0.434 e. The monoisotopic (exact) mass is 280 g/mol. The van der Waals surface area contributed by atoms with E-state index in [9.17, 15) is 15.2 Å². The third-order valence-corrected chi connectivity index (χ3v) is 3.56. The maximum atomic E-state index is 10.7. The number of nitrogens with one attached hydrogen (secondary N) is 1. The number of nitro groups is 1. The summed E-state index contributed by atoms with van der Waals surface area (Å²) in [5.74, 6) is 0.746. The molecule has 110 valence electrons. The van der Waals surface area contributed by atoms with Crippen LogP contribution >= 0.6 is 0 Å². The highest BCUT2D eigenvalue weighted by atomic mass is 16.6. The molecule has 0 amide bonds. The molecule has 1 aromatic rings. The summed E-state index contributed by atoms with van der Waals surface area (Å²) in [4.78, 5) is 13.8. The molecule has 2 rings (SSSR count). The van der Waals surface area contributed by atoms with Gasteiger partial charge in [0.1, 0.15) is 19.7 Å². The Kier molecular flexibility index (Phi) is 5.54. The summed E-state index contributed by atoms with van der Waals surface area (Å²) >= 11 is 0. The molecule has 0 aliphatic carbocycles. The van der Waals surface area contributed by atoms with Crippen LogP contribution < -0.4 is 5.32 Å². The van der Waals surface area contributed by atoms with Crippen molar-refractivity contribution in [3.63, 3.8) is 0 Å². The lowest BCUT2D eigenvalue weighted by Crippen LogP contribution is -2.31. The highest BCUT2D eigenvalue weighted by Gasteiger charge is 2.22. The second-order valence-corrected chi connectivity index (χ2v) is 5.43. The first-order valence-electron chi connectivity index (χ1n) is 7.21. The van der Waals surface area contributed by atoms with Crippen molar-refractivity contribution in [1.82, 2.24) is 14.9 Å². The van der Waals surface area contributed by atoms with Gasteiger partial charge in [-0.05, 0) is 17.9 Å². The highest BCUT2D eigenvalue weighted by molar-refractivity contribution is 6.50. The summed E-state index contributed by atoms with van der Waals surface area (Å²) in [6.07, 6.45) is 7.32. The molecule has 2 N–H and O–H groups in total. The van der Waals surface area contributed by atoms with E-state index < -0.39 is 11.0 Å². The molecule has 0 bridgehead atoms. The minimum absolute atomic E-state index is 0.186. The summed E-state index contributed by atoms with van der Waals surface area (Å²) in [5, 5.41) is 23.7. The third-order valence-electron chi connectivity index (χ3n) is 3.56. The molecule has 0 aromatic carbocycles. The average molecular weight is 280 g/mol. The van der Waals surface area contributed by atoms with Gasteiger partial charge in [-0.1, -0.05) is 30.0 Å². The molecule has 1 aliphatic rings. The fraction of sp³-hybridized carbons (Fsp3) is 0.750. The molecule has 1 fully saturated rings. The van der Waals surface area contributed by atoms with Crippen molar-refractivity contribution in [3.05, 3.63) is 22.5 Å². The van der Waals surface area contributed by atoms with Crippen molar-refractivity contribution in [2.75, 3.05) is 13.1 Å². The van der Waals surface area contributed by atoms with Crippen molar-refractivity contribution >= 4 is 13.2 Å². The van der Waals surface area contributed by atoms with Crippen LogP contribution in [0.5, 0.6) is 0 Å². The van der Waals surface area contributed by atoms with Crippen LogP contribution in [0.4, 0.5) is 5.95 Å². The number of aliphatic hydroxyl groups excluding tert-OH is 1. The van der Waals surface area contributed by atoms with E-state index >= 15 is 0 Å². The van der Waals surface area contributed by atoms with Gasteiger partial charge in [0.05, 0.1) is 12.6 Å². The molecule has 2 unspecified atom stereocenters. The number of aliphatic hydroxyl groups is 1. The topological polar surface area (TPSA) is 93.2 Å². The average Bonchev–Trinajstić information content (AvgIpc) is 3.11. The Morgan fingerprint density at radius 1 is 1.65 bits per heavy atom. The molecule has 0 spiro atoms.